The molecule has 88 valence electrons. The first-order valence-corrected chi connectivity index (χ1v) is 6.34. The van der Waals surface area contributed by atoms with E-state index in [0.717, 1.165) is 28.8 Å². The van der Waals surface area contributed by atoms with Crippen LogP contribution in [0.1, 0.15) is 18.9 Å². The molecule has 0 spiro atoms. The van der Waals surface area contributed by atoms with Gasteiger partial charge < -0.3 is 9.47 Å². The van der Waals surface area contributed by atoms with Gasteiger partial charge in [-0.25, -0.2) is 0 Å². The Hall–Kier alpha value is -0.960. The zero-order valence-electron chi connectivity index (χ0n) is 9.92. The molecule has 0 saturated heterocycles. The van der Waals surface area contributed by atoms with E-state index in [9.17, 15) is 0 Å². The molecule has 0 N–H and O–H groups in total. The molecule has 0 heterocycles. The Labute approximate surface area is 105 Å². The Morgan fingerprint density at radius 3 is 2.44 bits per heavy atom. The van der Waals surface area contributed by atoms with Crippen LogP contribution >= 0.6 is 15.9 Å². The molecule has 0 radical (unpaired) electrons. The van der Waals surface area contributed by atoms with Crippen molar-refractivity contribution in [2.24, 2.45) is 0 Å². The normalized spacial score (nSPS) is 11.4. The number of hydrogen-bond donors (Lipinski definition) is 0. The second-order valence-electron chi connectivity index (χ2n) is 3.40. The third kappa shape index (κ3) is 3.27. The van der Waals surface area contributed by atoms with Crippen molar-refractivity contribution in [1.82, 2.24) is 0 Å². The van der Waals surface area contributed by atoms with Crippen molar-refractivity contribution >= 4 is 22.0 Å². The molecule has 0 saturated carbocycles. The Kier molecular flexibility index (Phi) is 5.39. The highest BCUT2D eigenvalue weighted by atomic mass is 79.9. The van der Waals surface area contributed by atoms with Gasteiger partial charge in [-0.1, -0.05) is 40.6 Å². The molecule has 16 heavy (non-hydrogen) atoms. The molecular formula is C13H17BrO2. The number of allylic oxidation sites excluding steroid dienone is 1. The maximum Gasteiger partial charge on any atom is 0.161 e. The minimum Gasteiger partial charge on any atom is -0.493 e. The van der Waals surface area contributed by atoms with Crippen molar-refractivity contribution in [3.05, 3.63) is 29.3 Å². The van der Waals surface area contributed by atoms with E-state index in [0.29, 0.717) is 0 Å². The summed E-state index contributed by atoms with van der Waals surface area (Å²) in [5, 5.41) is 0.901. The molecule has 1 aromatic carbocycles. The third-order valence-corrected chi connectivity index (χ3v) is 3.12. The van der Waals surface area contributed by atoms with Crippen LogP contribution in [0.4, 0.5) is 0 Å². The van der Waals surface area contributed by atoms with Crippen molar-refractivity contribution in [3.8, 4) is 11.5 Å². The quantitative estimate of drug-likeness (QED) is 0.764. The smallest absolute Gasteiger partial charge is 0.161 e. The van der Waals surface area contributed by atoms with Gasteiger partial charge in [0.05, 0.1) is 14.2 Å². The van der Waals surface area contributed by atoms with Gasteiger partial charge in [0.2, 0.25) is 0 Å². The maximum absolute atomic E-state index is 5.26. The third-order valence-electron chi connectivity index (χ3n) is 2.40. The fourth-order valence-electron chi connectivity index (χ4n) is 1.41. The van der Waals surface area contributed by atoms with Crippen LogP contribution in [0.5, 0.6) is 11.5 Å². The second-order valence-corrected chi connectivity index (χ2v) is 3.96. The average Bonchev–Trinajstić information content (AvgIpc) is 2.35. The van der Waals surface area contributed by atoms with Gasteiger partial charge in [-0.3, -0.25) is 0 Å². The molecule has 0 bridgehead atoms. The SMILES string of the molecule is CCC(=Cc1ccc(OC)c(OC)c1)CBr. The summed E-state index contributed by atoms with van der Waals surface area (Å²) in [6.07, 6.45) is 3.20. The topological polar surface area (TPSA) is 18.5 Å². The van der Waals surface area contributed by atoms with E-state index in [1.165, 1.54) is 5.57 Å². The second kappa shape index (κ2) is 6.59. The van der Waals surface area contributed by atoms with Crippen molar-refractivity contribution in [2.75, 3.05) is 19.5 Å². The first-order chi connectivity index (χ1) is 7.74. The largest absolute Gasteiger partial charge is 0.493 e. The molecule has 0 aliphatic carbocycles. The number of alkyl halides is 1. The fourth-order valence-corrected chi connectivity index (χ4v) is 1.97. The summed E-state index contributed by atoms with van der Waals surface area (Å²) in [4.78, 5) is 0. The number of methoxy groups -OCH3 is 2. The fraction of sp³-hybridized carbons (Fsp3) is 0.385. The summed E-state index contributed by atoms with van der Waals surface area (Å²) in [5.41, 5.74) is 2.49. The van der Waals surface area contributed by atoms with Crippen molar-refractivity contribution in [2.45, 2.75) is 13.3 Å². The molecule has 0 aliphatic heterocycles. The number of halogens is 1. The predicted molar refractivity (Wildman–Crippen MR) is 71.6 cm³/mol. The van der Waals surface area contributed by atoms with Gasteiger partial charge in [0.1, 0.15) is 0 Å². The molecule has 0 aliphatic rings. The van der Waals surface area contributed by atoms with E-state index in [4.69, 9.17) is 9.47 Å². The summed E-state index contributed by atoms with van der Waals surface area (Å²) in [6, 6.07) is 5.93. The molecule has 0 fully saturated rings. The Bertz CT molecular complexity index is 366. The van der Waals surface area contributed by atoms with E-state index >= 15 is 0 Å². The van der Waals surface area contributed by atoms with E-state index in [-0.39, 0.29) is 0 Å². The van der Waals surface area contributed by atoms with Crippen LogP contribution in [-0.2, 0) is 0 Å². The number of benzene rings is 1. The monoisotopic (exact) mass is 284 g/mol. The lowest BCUT2D eigenvalue weighted by molar-refractivity contribution is 0.355. The molecule has 0 atom stereocenters. The lowest BCUT2D eigenvalue weighted by Crippen LogP contribution is -1.91. The molecule has 3 heteroatoms. The Morgan fingerprint density at radius 1 is 1.25 bits per heavy atom. The summed E-state index contributed by atoms with van der Waals surface area (Å²) in [7, 11) is 3.29. The Balaban J connectivity index is 3.03. The first-order valence-electron chi connectivity index (χ1n) is 5.22. The lowest BCUT2D eigenvalue weighted by Gasteiger charge is -2.08. The van der Waals surface area contributed by atoms with Crippen LogP contribution in [0, 0.1) is 0 Å². The minimum atomic E-state index is 0.761. The molecule has 2 nitrogen and oxygen atoms in total. The summed E-state index contributed by atoms with van der Waals surface area (Å²) >= 11 is 3.47. The van der Waals surface area contributed by atoms with E-state index in [2.05, 4.69) is 28.9 Å². The summed E-state index contributed by atoms with van der Waals surface area (Å²) < 4.78 is 10.5. The van der Waals surface area contributed by atoms with E-state index in [1.54, 1.807) is 14.2 Å². The van der Waals surface area contributed by atoms with Crippen LogP contribution in [-0.4, -0.2) is 19.5 Å². The van der Waals surface area contributed by atoms with E-state index in [1.807, 2.05) is 18.2 Å². The highest BCUT2D eigenvalue weighted by molar-refractivity contribution is 9.09. The molecule has 0 unspecified atom stereocenters. The molecular weight excluding hydrogens is 268 g/mol. The van der Waals surface area contributed by atoms with Crippen molar-refractivity contribution in [1.29, 1.82) is 0 Å². The minimum absolute atomic E-state index is 0.761. The van der Waals surface area contributed by atoms with E-state index < -0.39 is 0 Å². The van der Waals surface area contributed by atoms with Gasteiger partial charge in [-0.15, -0.1) is 0 Å². The van der Waals surface area contributed by atoms with Crippen LogP contribution in [0.2, 0.25) is 0 Å². The zero-order valence-corrected chi connectivity index (χ0v) is 11.5. The molecule has 1 aromatic rings. The summed E-state index contributed by atoms with van der Waals surface area (Å²) in [6.45, 7) is 2.15. The first kappa shape index (κ1) is 13.1. The van der Waals surface area contributed by atoms with Gasteiger partial charge in [-0.2, -0.15) is 0 Å². The van der Waals surface area contributed by atoms with Gasteiger partial charge >= 0.3 is 0 Å². The molecule has 0 amide bonds. The highest BCUT2D eigenvalue weighted by Gasteiger charge is 2.03. The lowest BCUT2D eigenvalue weighted by atomic mass is 10.1. The number of ether oxygens (including phenoxy) is 2. The van der Waals surface area contributed by atoms with Crippen LogP contribution in [0.15, 0.2) is 23.8 Å². The highest BCUT2D eigenvalue weighted by Crippen LogP contribution is 2.28. The van der Waals surface area contributed by atoms with Gasteiger partial charge in [0.15, 0.2) is 11.5 Å². The Morgan fingerprint density at radius 2 is 1.94 bits per heavy atom. The van der Waals surface area contributed by atoms with Crippen LogP contribution in [0.25, 0.3) is 6.08 Å². The average molecular weight is 285 g/mol. The van der Waals surface area contributed by atoms with Gasteiger partial charge in [0.25, 0.3) is 0 Å². The predicted octanol–water partition coefficient (Wildman–Crippen LogP) is 3.89. The van der Waals surface area contributed by atoms with Gasteiger partial charge in [0, 0.05) is 5.33 Å². The molecule has 0 aromatic heterocycles. The standard InChI is InChI=1S/C13H17BrO2/c1-4-10(9-14)7-11-5-6-12(15-2)13(8-11)16-3/h5-8H,4,9H2,1-3H3. The summed E-state index contributed by atoms with van der Waals surface area (Å²) in [5.74, 6) is 1.53. The van der Waals surface area contributed by atoms with Crippen LogP contribution < -0.4 is 9.47 Å². The van der Waals surface area contributed by atoms with Gasteiger partial charge in [-0.05, 0) is 24.1 Å². The van der Waals surface area contributed by atoms with Crippen molar-refractivity contribution < 1.29 is 9.47 Å². The maximum atomic E-state index is 5.26. The van der Waals surface area contributed by atoms with Crippen molar-refractivity contribution in [3.63, 3.8) is 0 Å². The number of hydrogen-bond acceptors (Lipinski definition) is 2. The molecule has 1 rings (SSSR count). The zero-order chi connectivity index (χ0) is 12.0. The van der Waals surface area contributed by atoms with Crippen LogP contribution in [0.3, 0.4) is 0 Å². The number of rotatable bonds is 5.